The SMILES string of the molecule is Cc1cc(C)n(-c2ccc(=O)n(C3CCC(Nc4nc5c(s4)COCC5)CC3)n2)n1. The monoisotopic (exact) mass is 426 g/mol. The zero-order valence-corrected chi connectivity index (χ0v) is 18.1. The molecule has 0 bridgehead atoms. The average molecular weight is 427 g/mol. The van der Waals surface area contributed by atoms with Crippen LogP contribution in [0.3, 0.4) is 0 Å². The van der Waals surface area contributed by atoms with Gasteiger partial charge in [0.25, 0.3) is 5.56 Å². The molecule has 30 heavy (non-hydrogen) atoms. The van der Waals surface area contributed by atoms with Crippen LogP contribution in [0.25, 0.3) is 5.82 Å². The first-order chi connectivity index (χ1) is 14.6. The molecule has 0 spiro atoms. The van der Waals surface area contributed by atoms with Crippen LogP contribution < -0.4 is 10.9 Å². The minimum absolute atomic E-state index is 0.0516. The fourth-order valence-electron chi connectivity index (χ4n) is 4.38. The van der Waals surface area contributed by atoms with Crippen molar-refractivity contribution in [3.63, 3.8) is 0 Å². The highest BCUT2D eigenvalue weighted by Gasteiger charge is 2.25. The summed E-state index contributed by atoms with van der Waals surface area (Å²) in [7, 11) is 0. The first-order valence-corrected chi connectivity index (χ1v) is 11.3. The number of ether oxygens (including phenoxy) is 1. The van der Waals surface area contributed by atoms with Gasteiger partial charge in [-0.25, -0.2) is 14.3 Å². The van der Waals surface area contributed by atoms with Crippen LogP contribution in [0.5, 0.6) is 0 Å². The summed E-state index contributed by atoms with van der Waals surface area (Å²) in [5.41, 5.74) is 3.08. The molecule has 1 aliphatic carbocycles. The lowest BCUT2D eigenvalue weighted by Crippen LogP contribution is -2.33. The second-order valence-corrected chi connectivity index (χ2v) is 9.24. The van der Waals surface area contributed by atoms with Gasteiger partial charge in [-0.3, -0.25) is 4.79 Å². The van der Waals surface area contributed by atoms with Gasteiger partial charge >= 0.3 is 0 Å². The molecule has 3 aromatic rings. The molecule has 8 nitrogen and oxygen atoms in total. The van der Waals surface area contributed by atoms with Crippen molar-refractivity contribution in [2.45, 2.75) is 64.6 Å². The van der Waals surface area contributed by atoms with E-state index in [1.165, 1.54) is 10.6 Å². The van der Waals surface area contributed by atoms with Crippen LogP contribution in [0.4, 0.5) is 5.13 Å². The molecule has 1 aliphatic heterocycles. The Labute approximate surface area is 178 Å². The van der Waals surface area contributed by atoms with E-state index in [1.807, 2.05) is 19.9 Å². The van der Waals surface area contributed by atoms with Crippen molar-refractivity contribution >= 4 is 16.5 Å². The Kier molecular flexibility index (Phi) is 5.16. The minimum atomic E-state index is -0.0516. The molecular formula is C21H26N6O2S. The smallest absolute Gasteiger partial charge is 0.267 e. The summed E-state index contributed by atoms with van der Waals surface area (Å²) in [5, 5.41) is 13.7. The van der Waals surface area contributed by atoms with Crippen molar-refractivity contribution in [1.29, 1.82) is 0 Å². The third kappa shape index (κ3) is 3.79. The first-order valence-electron chi connectivity index (χ1n) is 10.5. The highest BCUT2D eigenvalue weighted by atomic mass is 32.1. The van der Waals surface area contributed by atoms with E-state index in [1.54, 1.807) is 32.8 Å². The van der Waals surface area contributed by atoms with E-state index in [4.69, 9.17) is 9.72 Å². The Morgan fingerprint density at radius 3 is 2.73 bits per heavy atom. The van der Waals surface area contributed by atoms with Gasteiger partial charge < -0.3 is 10.1 Å². The Morgan fingerprint density at radius 1 is 1.17 bits per heavy atom. The zero-order chi connectivity index (χ0) is 20.7. The van der Waals surface area contributed by atoms with Gasteiger partial charge in [0.05, 0.1) is 35.5 Å². The molecule has 158 valence electrons. The summed E-state index contributed by atoms with van der Waals surface area (Å²) in [4.78, 5) is 18.5. The zero-order valence-electron chi connectivity index (χ0n) is 17.3. The molecule has 0 unspecified atom stereocenters. The molecule has 1 fully saturated rings. The van der Waals surface area contributed by atoms with Gasteiger partial charge in [-0.2, -0.15) is 5.10 Å². The molecule has 0 radical (unpaired) electrons. The van der Waals surface area contributed by atoms with Crippen molar-refractivity contribution in [2.24, 2.45) is 0 Å². The largest absolute Gasteiger partial charge is 0.375 e. The van der Waals surface area contributed by atoms with Crippen molar-refractivity contribution in [1.82, 2.24) is 24.5 Å². The molecule has 0 aromatic carbocycles. The number of nitrogens with zero attached hydrogens (tertiary/aromatic N) is 5. The fourth-order valence-corrected chi connectivity index (χ4v) is 5.40. The molecule has 5 rings (SSSR count). The van der Waals surface area contributed by atoms with E-state index in [-0.39, 0.29) is 11.6 Å². The maximum Gasteiger partial charge on any atom is 0.267 e. The highest BCUT2D eigenvalue weighted by Crippen LogP contribution is 2.32. The van der Waals surface area contributed by atoms with Gasteiger partial charge in [0.1, 0.15) is 0 Å². The fraction of sp³-hybridized carbons (Fsp3) is 0.524. The molecule has 2 aliphatic rings. The number of aryl methyl sites for hydroxylation is 2. The molecule has 9 heteroatoms. The number of hydrogen-bond donors (Lipinski definition) is 1. The second kappa shape index (κ2) is 7.96. The van der Waals surface area contributed by atoms with E-state index in [9.17, 15) is 4.79 Å². The summed E-state index contributed by atoms with van der Waals surface area (Å²) < 4.78 is 8.97. The summed E-state index contributed by atoms with van der Waals surface area (Å²) in [6.45, 7) is 5.40. The maximum atomic E-state index is 12.5. The predicted molar refractivity (Wildman–Crippen MR) is 115 cm³/mol. The van der Waals surface area contributed by atoms with E-state index in [2.05, 4.69) is 15.5 Å². The number of fused-ring (bicyclic) bond motifs is 1. The molecular weight excluding hydrogens is 400 g/mol. The second-order valence-electron chi connectivity index (χ2n) is 8.15. The predicted octanol–water partition coefficient (Wildman–Crippen LogP) is 3.17. The molecule has 3 aromatic heterocycles. The van der Waals surface area contributed by atoms with Gasteiger partial charge in [-0.1, -0.05) is 11.3 Å². The van der Waals surface area contributed by atoms with Crippen LogP contribution in [0.2, 0.25) is 0 Å². The maximum absolute atomic E-state index is 12.5. The van der Waals surface area contributed by atoms with Crippen molar-refractivity contribution in [3.05, 3.63) is 50.5 Å². The number of rotatable bonds is 4. The van der Waals surface area contributed by atoms with Crippen LogP contribution in [0.1, 0.15) is 53.7 Å². The normalized spacial score (nSPS) is 21.4. The quantitative estimate of drug-likeness (QED) is 0.690. The molecule has 1 N–H and O–H groups in total. The lowest BCUT2D eigenvalue weighted by Gasteiger charge is -2.29. The third-order valence-electron chi connectivity index (χ3n) is 5.90. The number of anilines is 1. The Morgan fingerprint density at radius 2 is 2.00 bits per heavy atom. The van der Waals surface area contributed by atoms with Crippen LogP contribution in [0, 0.1) is 13.8 Å². The Bertz CT molecular complexity index is 1090. The van der Waals surface area contributed by atoms with E-state index < -0.39 is 0 Å². The number of aromatic nitrogens is 5. The summed E-state index contributed by atoms with van der Waals surface area (Å²) in [5.74, 6) is 0.691. The number of thiazole rings is 1. The molecule has 0 atom stereocenters. The van der Waals surface area contributed by atoms with Crippen LogP contribution in [-0.4, -0.2) is 37.2 Å². The van der Waals surface area contributed by atoms with Gasteiger partial charge in [0.2, 0.25) is 0 Å². The summed E-state index contributed by atoms with van der Waals surface area (Å²) in [6, 6.07) is 5.86. The van der Waals surface area contributed by atoms with Crippen LogP contribution in [0.15, 0.2) is 23.0 Å². The van der Waals surface area contributed by atoms with Gasteiger partial charge in [0.15, 0.2) is 10.9 Å². The van der Waals surface area contributed by atoms with Crippen molar-refractivity contribution < 1.29 is 4.74 Å². The average Bonchev–Trinajstić information content (AvgIpc) is 3.30. The lowest BCUT2D eigenvalue weighted by molar-refractivity contribution is 0.112. The highest BCUT2D eigenvalue weighted by molar-refractivity contribution is 7.15. The minimum Gasteiger partial charge on any atom is -0.375 e. The topological polar surface area (TPSA) is 86.9 Å². The van der Waals surface area contributed by atoms with E-state index >= 15 is 0 Å². The van der Waals surface area contributed by atoms with Crippen molar-refractivity contribution in [3.8, 4) is 5.82 Å². The molecule has 0 amide bonds. The molecule has 0 saturated heterocycles. The molecule has 4 heterocycles. The van der Waals surface area contributed by atoms with E-state index in [0.717, 1.165) is 55.2 Å². The van der Waals surface area contributed by atoms with Gasteiger partial charge in [-0.05, 0) is 51.7 Å². The summed E-state index contributed by atoms with van der Waals surface area (Å²) >= 11 is 1.71. The standard InChI is InChI=1S/C21H26N6O2S/c1-13-11-14(2)26(24-13)19-7-8-20(28)27(25-19)16-5-3-15(4-6-16)22-21-23-17-9-10-29-12-18(17)30-21/h7-8,11,15-16H,3-6,9-10,12H2,1-2H3,(H,22,23). The van der Waals surface area contributed by atoms with E-state index in [0.29, 0.717) is 18.5 Å². The third-order valence-corrected chi connectivity index (χ3v) is 6.90. The van der Waals surface area contributed by atoms with Gasteiger partial charge in [-0.15, -0.1) is 5.10 Å². The lowest BCUT2D eigenvalue weighted by atomic mass is 9.91. The molecule has 1 saturated carbocycles. The van der Waals surface area contributed by atoms with Crippen LogP contribution in [-0.2, 0) is 17.8 Å². The van der Waals surface area contributed by atoms with Gasteiger partial charge in [0, 0.05) is 24.2 Å². The Hall–Kier alpha value is -2.52. The summed E-state index contributed by atoms with van der Waals surface area (Å²) in [6.07, 6.45) is 4.71. The Balaban J connectivity index is 1.27. The van der Waals surface area contributed by atoms with Crippen LogP contribution >= 0.6 is 11.3 Å². The number of hydrogen-bond acceptors (Lipinski definition) is 7. The first kappa shape index (κ1) is 19.4. The number of nitrogens with one attached hydrogen (secondary N) is 1. The van der Waals surface area contributed by atoms with Crippen molar-refractivity contribution in [2.75, 3.05) is 11.9 Å².